The van der Waals surface area contributed by atoms with Crippen molar-refractivity contribution in [2.75, 3.05) is 13.7 Å². The van der Waals surface area contributed by atoms with Crippen molar-refractivity contribution in [1.82, 2.24) is 15.6 Å². The number of guanidine groups is 1. The molecule has 1 heterocycles. The van der Waals surface area contributed by atoms with E-state index in [0.717, 1.165) is 33.5 Å². The molecule has 0 fully saturated rings. The van der Waals surface area contributed by atoms with Crippen LogP contribution in [0.3, 0.4) is 0 Å². The number of ether oxygens (including phenoxy) is 1. The van der Waals surface area contributed by atoms with E-state index >= 15 is 0 Å². The van der Waals surface area contributed by atoms with Crippen molar-refractivity contribution in [3.63, 3.8) is 0 Å². The lowest BCUT2D eigenvalue weighted by Crippen LogP contribution is -2.36. The van der Waals surface area contributed by atoms with Gasteiger partial charge in [-0.25, -0.2) is 4.98 Å². The Labute approximate surface area is 187 Å². The van der Waals surface area contributed by atoms with Gasteiger partial charge in [0.05, 0.1) is 18.8 Å². The van der Waals surface area contributed by atoms with E-state index in [-0.39, 0.29) is 24.0 Å². The number of aromatic nitrogens is 1. The van der Waals surface area contributed by atoms with Crippen molar-refractivity contribution in [2.24, 2.45) is 4.99 Å². The van der Waals surface area contributed by atoms with E-state index < -0.39 is 0 Å². The molecular formula is C21H25IN4OS. The van der Waals surface area contributed by atoms with Gasteiger partial charge in [0.1, 0.15) is 10.8 Å². The number of para-hydroxylation sites is 1. The fourth-order valence-corrected chi connectivity index (χ4v) is 3.38. The molecule has 0 aliphatic rings. The lowest BCUT2D eigenvalue weighted by atomic mass is 10.2. The van der Waals surface area contributed by atoms with Gasteiger partial charge in [0.2, 0.25) is 0 Å². The van der Waals surface area contributed by atoms with Crippen LogP contribution in [0.15, 0.2) is 65.0 Å². The Morgan fingerprint density at radius 1 is 1.04 bits per heavy atom. The summed E-state index contributed by atoms with van der Waals surface area (Å²) in [5.74, 6) is 1.63. The summed E-state index contributed by atoms with van der Waals surface area (Å²) >= 11 is 1.64. The maximum atomic E-state index is 5.67. The second kappa shape index (κ2) is 11.7. The number of hydrogen-bond acceptors (Lipinski definition) is 4. The molecule has 0 bridgehead atoms. The minimum absolute atomic E-state index is 0. The third-order valence-corrected chi connectivity index (χ3v) is 4.82. The molecule has 28 heavy (non-hydrogen) atoms. The number of aliphatic imine (C=N–C) groups is 1. The first-order valence-corrected chi connectivity index (χ1v) is 9.83. The Hall–Kier alpha value is -2.13. The molecule has 0 radical (unpaired) electrons. The molecule has 2 aromatic carbocycles. The number of thiazole rings is 1. The molecule has 0 aliphatic heterocycles. The van der Waals surface area contributed by atoms with Crippen molar-refractivity contribution in [3.8, 4) is 17.0 Å². The lowest BCUT2D eigenvalue weighted by molar-refractivity contribution is 0.336. The molecule has 5 nitrogen and oxygen atoms in total. The fourth-order valence-electron chi connectivity index (χ4n) is 2.64. The topological polar surface area (TPSA) is 58.5 Å². The number of benzene rings is 2. The highest BCUT2D eigenvalue weighted by atomic mass is 127. The SMILES string of the molecule is CCOc1ccccc1CNC(=NC)NCc1nc(-c2ccccc2)cs1.I. The highest BCUT2D eigenvalue weighted by molar-refractivity contribution is 14.0. The van der Waals surface area contributed by atoms with E-state index in [1.165, 1.54) is 0 Å². The Morgan fingerprint density at radius 2 is 1.75 bits per heavy atom. The summed E-state index contributed by atoms with van der Waals surface area (Å²) in [5.41, 5.74) is 3.24. The van der Waals surface area contributed by atoms with Gasteiger partial charge in [0, 0.05) is 30.1 Å². The second-order valence-electron chi connectivity index (χ2n) is 5.81. The molecule has 0 atom stereocenters. The monoisotopic (exact) mass is 508 g/mol. The van der Waals surface area contributed by atoms with Gasteiger partial charge in [-0.1, -0.05) is 48.5 Å². The number of hydrogen-bond donors (Lipinski definition) is 2. The summed E-state index contributed by atoms with van der Waals surface area (Å²) in [6.07, 6.45) is 0. The molecule has 0 aliphatic carbocycles. The van der Waals surface area contributed by atoms with E-state index in [2.05, 4.69) is 39.2 Å². The van der Waals surface area contributed by atoms with Gasteiger partial charge >= 0.3 is 0 Å². The average Bonchev–Trinajstić information content (AvgIpc) is 3.19. The molecule has 2 N–H and O–H groups in total. The van der Waals surface area contributed by atoms with Gasteiger partial charge in [0.15, 0.2) is 5.96 Å². The van der Waals surface area contributed by atoms with Crippen LogP contribution in [0.1, 0.15) is 17.5 Å². The van der Waals surface area contributed by atoms with Crippen molar-refractivity contribution in [3.05, 3.63) is 70.5 Å². The molecule has 1 aromatic heterocycles. The lowest BCUT2D eigenvalue weighted by Gasteiger charge is -2.13. The van der Waals surface area contributed by atoms with Crippen LogP contribution in [0.25, 0.3) is 11.3 Å². The second-order valence-corrected chi connectivity index (χ2v) is 6.76. The fraction of sp³-hybridized carbons (Fsp3) is 0.238. The van der Waals surface area contributed by atoms with Crippen LogP contribution in [0, 0.1) is 0 Å². The molecule has 0 amide bonds. The zero-order valence-electron chi connectivity index (χ0n) is 16.0. The standard InChI is InChI=1S/C21H24N4OS.HI/c1-3-26-19-12-8-7-11-17(19)13-23-21(22-2)24-14-20-25-18(15-27-20)16-9-5-4-6-10-16;/h4-12,15H,3,13-14H2,1-2H3,(H2,22,23,24);1H. The maximum Gasteiger partial charge on any atom is 0.191 e. The van der Waals surface area contributed by atoms with E-state index in [9.17, 15) is 0 Å². The minimum atomic E-state index is 0. The largest absolute Gasteiger partial charge is 0.494 e. The highest BCUT2D eigenvalue weighted by Gasteiger charge is 2.07. The molecule has 7 heteroatoms. The number of nitrogens with zero attached hydrogens (tertiary/aromatic N) is 2. The predicted octanol–water partition coefficient (Wildman–Crippen LogP) is 4.69. The minimum Gasteiger partial charge on any atom is -0.494 e. The smallest absolute Gasteiger partial charge is 0.191 e. The van der Waals surface area contributed by atoms with Crippen molar-refractivity contribution in [1.29, 1.82) is 0 Å². The predicted molar refractivity (Wildman–Crippen MR) is 128 cm³/mol. The van der Waals surface area contributed by atoms with E-state index in [0.29, 0.717) is 19.7 Å². The molecule has 148 valence electrons. The van der Waals surface area contributed by atoms with Gasteiger partial charge in [-0.3, -0.25) is 4.99 Å². The highest BCUT2D eigenvalue weighted by Crippen LogP contribution is 2.21. The van der Waals surface area contributed by atoms with Crippen LogP contribution in [0.4, 0.5) is 0 Å². The first kappa shape index (κ1) is 22.2. The molecule has 0 saturated carbocycles. The number of rotatable bonds is 7. The van der Waals surface area contributed by atoms with Gasteiger partial charge < -0.3 is 15.4 Å². The molecular weight excluding hydrogens is 483 g/mol. The van der Waals surface area contributed by atoms with Crippen LogP contribution >= 0.6 is 35.3 Å². The quantitative estimate of drug-likeness (QED) is 0.276. The normalized spacial score (nSPS) is 10.9. The molecule has 0 spiro atoms. The zero-order chi connectivity index (χ0) is 18.9. The molecule has 3 rings (SSSR count). The zero-order valence-corrected chi connectivity index (χ0v) is 19.2. The summed E-state index contributed by atoms with van der Waals surface area (Å²) < 4.78 is 5.67. The third-order valence-electron chi connectivity index (χ3n) is 3.97. The van der Waals surface area contributed by atoms with Crippen molar-refractivity contribution >= 4 is 41.3 Å². The Balaban J connectivity index is 0.00000280. The van der Waals surface area contributed by atoms with Gasteiger partial charge in [-0.2, -0.15) is 0 Å². The van der Waals surface area contributed by atoms with E-state index in [1.807, 2.05) is 43.3 Å². The van der Waals surface area contributed by atoms with Crippen LogP contribution in [0.2, 0.25) is 0 Å². The van der Waals surface area contributed by atoms with Gasteiger partial charge in [-0.15, -0.1) is 35.3 Å². The van der Waals surface area contributed by atoms with Crippen LogP contribution in [-0.2, 0) is 13.1 Å². The van der Waals surface area contributed by atoms with Gasteiger partial charge in [-0.05, 0) is 13.0 Å². The number of nitrogens with one attached hydrogen (secondary N) is 2. The van der Waals surface area contributed by atoms with Crippen molar-refractivity contribution in [2.45, 2.75) is 20.0 Å². The summed E-state index contributed by atoms with van der Waals surface area (Å²) in [6, 6.07) is 18.2. The van der Waals surface area contributed by atoms with Crippen LogP contribution in [-0.4, -0.2) is 24.6 Å². The Kier molecular flexibility index (Phi) is 9.22. The third kappa shape index (κ3) is 6.20. The number of halogens is 1. The average molecular weight is 508 g/mol. The molecule has 0 saturated heterocycles. The van der Waals surface area contributed by atoms with Crippen LogP contribution < -0.4 is 15.4 Å². The van der Waals surface area contributed by atoms with E-state index in [1.54, 1.807) is 18.4 Å². The first-order chi connectivity index (χ1) is 13.3. The maximum absolute atomic E-state index is 5.67. The molecule has 0 unspecified atom stereocenters. The summed E-state index contributed by atoms with van der Waals surface area (Å²) in [6.45, 7) is 3.91. The first-order valence-electron chi connectivity index (χ1n) is 8.95. The van der Waals surface area contributed by atoms with Crippen LogP contribution in [0.5, 0.6) is 5.75 Å². The van der Waals surface area contributed by atoms with Gasteiger partial charge in [0.25, 0.3) is 0 Å². The van der Waals surface area contributed by atoms with Crippen molar-refractivity contribution < 1.29 is 4.74 Å². The Morgan fingerprint density at radius 3 is 2.50 bits per heavy atom. The summed E-state index contributed by atoms with van der Waals surface area (Å²) in [7, 11) is 1.76. The van der Waals surface area contributed by atoms with E-state index in [4.69, 9.17) is 9.72 Å². The Bertz CT molecular complexity index is 883. The summed E-state index contributed by atoms with van der Waals surface area (Å²) in [4.78, 5) is 8.99. The molecule has 3 aromatic rings. The summed E-state index contributed by atoms with van der Waals surface area (Å²) in [5, 5.41) is 9.75.